The summed E-state index contributed by atoms with van der Waals surface area (Å²) in [5.41, 5.74) is 0.641. The van der Waals surface area contributed by atoms with Gasteiger partial charge in [-0.05, 0) is 37.8 Å². The lowest BCUT2D eigenvalue weighted by Crippen LogP contribution is -2.50. The fourth-order valence-corrected chi connectivity index (χ4v) is 3.22. The van der Waals surface area contributed by atoms with Gasteiger partial charge in [0, 0.05) is 6.07 Å². The third-order valence-corrected chi connectivity index (χ3v) is 4.57. The maximum absolute atomic E-state index is 12.7. The lowest BCUT2D eigenvalue weighted by atomic mass is 10.1. The van der Waals surface area contributed by atoms with Gasteiger partial charge in [0.1, 0.15) is 18.0 Å². The molecule has 0 bridgehead atoms. The molecule has 1 aromatic carbocycles. The Morgan fingerprint density at radius 1 is 1.19 bits per heavy atom. The van der Waals surface area contributed by atoms with Crippen LogP contribution in [0.2, 0.25) is 0 Å². The van der Waals surface area contributed by atoms with Crippen LogP contribution in [-0.4, -0.2) is 51.2 Å². The SMILES string of the molecule is COc1ccc(C(=O)C[N+](C)(C)C2CCCC2)c(OC)c1. The van der Waals surface area contributed by atoms with Gasteiger partial charge in [0.25, 0.3) is 0 Å². The Morgan fingerprint density at radius 2 is 1.86 bits per heavy atom. The molecule has 0 aliphatic heterocycles. The van der Waals surface area contributed by atoms with Crippen LogP contribution in [0.3, 0.4) is 0 Å². The number of hydrogen-bond donors (Lipinski definition) is 0. The van der Waals surface area contributed by atoms with Gasteiger partial charge in [-0.1, -0.05) is 0 Å². The summed E-state index contributed by atoms with van der Waals surface area (Å²) >= 11 is 0. The number of hydrogen-bond acceptors (Lipinski definition) is 3. The van der Waals surface area contributed by atoms with Gasteiger partial charge < -0.3 is 14.0 Å². The predicted molar refractivity (Wildman–Crippen MR) is 83.1 cm³/mol. The lowest BCUT2D eigenvalue weighted by molar-refractivity contribution is -0.906. The van der Waals surface area contributed by atoms with Crippen molar-refractivity contribution in [3.8, 4) is 11.5 Å². The Bertz CT molecular complexity index is 505. The standard InChI is InChI=1S/C17H26NO3/c1-18(2,13-7-5-6-8-13)12-16(19)15-10-9-14(20-3)11-17(15)21-4/h9-11,13H,5-8,12H2,1-4H3/q+1. The molecule has 0 heterocycles. The third kappa shape index (κ3) is 3.56. The zero-order chi connectivity index (χ0) is 15.5. The molecule has 0 spiro atoms. The summed E-state index contributed by atoms with van der Waals surface area (Å²) in [6, 6.07) is 5.97. The van der Waals surface area contributed by atoms with Crippen LogP contribution in [0.5, 0.6) is 11.5 Å². The summed E-state index contributed by atoms with van der Waals surface area (Å²) in [6.07, 6.45) is 5.01. The van der Waals surface area contributed by atoms with Crippen molar-refractivity contribution < 1.29 is 18.8 Å². The molecule has 2 rings (SSSR count). The van der Waals surface area contributed by atoms with Gasteiger partial charge in [-0.2, -0.15) is 0 Å². The van der Waals surface area contributed by atoms with Gasteiger partial charge >= 0.3 is 0 Å². The zero-order valence-corrected chi connectivity index (χ0v) is 13.5. The van der Waals surface area contributed by atoms with Gasteiger partial charge in [0.2, 0.25) is 5.78 Å². The van der Waals surface area contributed by atoms with Crippen LogP contribution < -0.4 is 9.47 Å². The minimum Gasteiger partial charge on any atom is -0.497 e. The molecule has 1 aliphatic carbocycles. The largest absolute Gasteiger partial charge is 0.497 e. The van der Waals surface area contributed by atoms with Crippen molar-refractivity contribution in [2.24, 2.45) is 0 Å². The molecule has 1 saturated carbocycles. The summed E-state index contributed by atoms with van der Waals surface area (Å²) in [5, 5.41) is 0. The van der Waals surface area contributed by atoms with Crippen LogP contribution in [0.4, 0.5) is 0 Å². The highest BCUT2D eigenvalue weighted by atomic mass is 16.5. The van der Waals surface area contributed by atoms with Crippen LogP contribution in [0.1, 0.15) is 36.0 Å². The maximum Gasteiger partial charge on any atom is 0.220 e. The van der Waals surface area contributed by atoms with E-state index in [-0.39, 0.29) is 5.78 Å². The first-order chi connectivity index (χ1) is 9.97. The molecule has 0 N–H and O–H groups in total. The smallest absolute Gasteiger partial charge is 0.220 e. The molecule has 0 saturated heterocycles. The van der Waals surface area contributed by atoms with E-state index in [1.54, 1.807) is 26.4 Å². The second kappa shape index (κ2) is 6.48. The highest BCUT2D eigenvalue weighted by Crippen LogP contribution is 2.29. The fourth-order valence-electron chi connectivity index (χ4n) is 3.22. The first-order valence-corrected chi connectivity index (χ1v) is 7.56. The Kier molecular flexibility index (Phi) is 4.88. The average molecular weight is 292 g/mol. The summed E-state index contributed by atoms with van der Waals surface area (Å²) in [4.78, 5) is 12.7. The normalized spacial score (nSPS) is 16.0. The van der Waals surface area contributed by atoms with E-state index in [4.69, 9.17) is 9.47 Å². The number of likely N-dealkylation sites (N-methyl/N-ethyl adjacent to an activating group) is 1. The van der Waals surface area contributed by atoms with Gasteiger partial charge in [0.15, 0.2) is 0 Å². The van der Waals surface area contributed by atoms with E-state index >= 15 is 0 Å². The molecule has 0 unspecified atom stereocenters. The lowest BCUT2D eigenvalue weighted by Gasteiger charge is -2.35. The zero-order valence-electron chi connectivity index (χ0n) is 13.5. The van der Waals surface area contributed by atoms with Gasteiger partial charge in [0.05, 0.1) is 39.9 Å². The predicted octanol–water partition coefficient (Wildman–Crippen LogP) is 2.91. The number of carbonyl (C=O) groups is 1. The maximum atomic E-state index is 12.7. The topological polar surface area (TPSA) is 35.5 Å². The molecule has 1 fully saturated rings. The molecule has 0 radical (unpaired) electrons. The van der Waals surface area contributed by atoms with Crippen molar-refractivity contribution in [3.63, 3.8) is 0 Å². The molecular formula is C17H26NO3+. The Balaban J connectivity index is 2.16. The summed E-state index contributed by atoms with van der Waals surface area (Å²) < 4.78 is 11.3. The molecule has 4 nitrogen and oxygen atoms in total. The quantitative estimate of drug-likeness (QED) is 0.597. The highest BCUT2D eigenvalue weighted by molar-refractivity contribution is 5.99. The van der Waals surface area contributed by atoms with Crippen molar-refractivity contribution in [3.05, 3.63) is 23.8 Å². The van der Waals surface area contributed by atoms with Gasteiger partial charge in [-0.3, -0.25) is 4.79 Å². The summed E-state index contributed by atoms with van der Waals surface area (Å²) in [5.74, 6) is 1.42. The van der Waals surface area contributed by atoms with E-state index in [0.29, 0.717) is 29.6 Å². The molecule has 0 amide bonds. The van der Waals surface area contributed by atoms with E-state index in [9.17, 15) is 4.79 Å². The Hall–Kier alpha value is -1.55. The van der Waals surface area contributed by atoms with E-state index < -0.39 is 0 Å². The van der Waals surface area contributed by atoms with Crippen LogP contribution >= 0.6 is 0 Å². The van der Waals surface area contributed by atoms with Crippen LogP contribution in [-0.2, 0) is 0 Å². The van der Waals surface area contributed by atoms with Gasteiger partial charge in [-0.15, -0.1) is 0 Å². The molecule has 4 heteroatoms. The van der Waals surface area contributed by atoms with Crippen molar-refractivity contribution in [2.45, 2.75) is 31.7 Å². The first-order valence-electron chi connectivity index (χ1n) is 7.56. The second-order valence-electron chi connectivity index (χ2n) is 6.36. The van der Waals surface area contributed by atoms with Crippen LogP contribution in [0, 0.1) is 0 Å². The van der Waals surface area contributed by atoms with Crippen molar-refractivity contribution in [2.75, 3.05) is 34.9 Å². The number of ether oxygens (including phenoxy) is 2. The summed E-state index contributed by atoms with van der Waals surface area (Å²) in [7, 11) is 7.51. The minimum atomic E-state index is 0.131. The second-order valence-corrected chi connectivity index (χ2v) is 6.36. The molecule has 21 heavy (non-hydrogen) atoms. The third-order valence-electron chi connectivity index (χ3n) is 4.57. The first kappa shape index (κ1) is 15.8. The number of benzene rings is 1. The number of carbonyl (C=O) groups excluding carboxylic acids is 1. The molecule has 0 aromatic heterocycles. The van der Waals surface area contributed by atoms with Crippen molar-refractivity contribution in [1.82, 2.24) is 0 Å². The van der Waals surface area contributed by atoms with E-state index in [1.807, 2.05) is 6.07 Å². The van der Waals surface area contributed by atoms with Crippen molar-refractivity contribution in [1.29, 1.82) is 0 Å². The molecular weight excluding hydrogens is 266 g/mol. The average Bonchev–Trinajstić information content (AvgIpc) is 3.01. The monoisotopic (exact) mass is 292 g/mol. The molecule has 0 atom stereocenters. The summed E-state index contributed by atoms with van der Waals surface area (Å²) in [6.45, 7) is 0.507. The molecule has 1 aliphatic rings. The van der Waals surface area contributed by atoms with Gasteiger partial charge in [-0.25, -0.2) is 0 Å². The number of nitrogens with zero attached hydrogens (tertiary/aromatic N) is 1. The number of Topliss-reactive ketones (excluding diaryl/α,β-unsaturated/α-hetero) is 1. The number of methoxy groups -OCH3 is 2. The van der Waals surface area contributed by atoms with Crippen molar-refractivity contribution >= 4 is 5.78 Å². The number of rotatable bonds is 6. The Labute approximate surface area is 127 Å². The fraction of sp³-hybridized carbons (Fsp3) is 0.588. The molecule has 116 valence electrons. The van der Waals surface area contributed by atoms with Crippen LogP contribution in [0.15, 0.2) is 18.2 Å². The highest BCUT2D eigenvalue weighted by Gasteiger charge is 2.33. The number of ketones is 1. The van der Waals surface area contributed by atoms with Crippen LogP contribution in [0.25, 0.3) is 0 Å². The van der Waals surface area contributed by atoms with E-state index in [2.05, 4.69) is 14.1 Å². The van der Waals surface area contributed by atoms with E-state index in [1.165, 1.54) is 25.7 Å². The number of quaternary nitrogens is 1. The van der Waals surface area contributed by atoms with E-state index in [0.717, 1.165) is 4.48 Å². The molecule has 1 aromatic rings. The Morgan fingerprint density at radius 3 is 2.43 bits per heavy atom. The minimum absolute atomic E-state index is 0.131.